The first-order valence-electron chi connectivity index (χ1n) is 7.61. The summed E-state index contributed by atoms with van der Waals surface area (Å²) < 4.78 is 1.35. The Hall–Kier alpha value is -2.21. The van der Waals surface area contributed by atoms with Gasteiger partial charge in [-0.3, -0.25) is 14.0 Å². The second-order valence-electron chi connectivity index (χ2n) is 7.03. The number of carbonyl (C=O) groups excluding carboxylic acids is 1. The molecule has 0 bridgehead atoms. The van der Waals surface area contributed by atoms with Crippen molar-refractivity contribution in [2.75, 3.05) is 6.61 Å². The molecule has 0 radical (unpaired) electrons. The fourth-order valence-electron chi connectivity index (χ4n) is 2.50. The maximum Gasteiger partial charge on any atom is 0.270 e. The topological polar surface area (TPSA) is 83.7 Å². The Morgan fingerprint density at radius 3 is 2.74 bits per heavy atom. The zero-order chi connectivity index (χ0) is 17.2. The molecule has 2 N–H and O–H groups in total. The number of hydrogen-bond donors (Lipinski definition) is 2. The number of aromatic nitrogens is 2. The van der Waals surface area contributed by atoms with E-state index < -0.39 is 17.5 Å². The number of nitrogens with zero attached hydrogens (tertiary/aromatic N) is 2. The fraction of sp³-hybridized carbons (Fsp3) is 0.471. The molecule has 1 unspecified atom stereocenters. The summed E-state index contributed by atoms with van der Waals surface area (Å²) in [4.78, 5) is 29.0. The third-order valence-corrected chi connectivity index (χ3v) is 3.52. The molecule has 6 nitrogen and oxygen atoms in total. The van der Waals surface area contributed by atoms with Crippen molar-refractivity contribution in [1.82, 2.24) is 14.7 Å². The van der Waals surface area contributed by atoms with Gasteiger partial charge < -0.3 is 10.4 Å². The van der Waals surface area contributed by atoms with Gasteiger partial charge in [-0.15, -0.1) is 0 Å². The highest BCUT2D eigenvalue weighted by Gasteiger charge is 2.22. The van der Waals surface area contributed by atoms with Gasteiger partial charge in [-0.05, 0) is 36.5 Å². The maximum absolute atomic E-state index is 12.4. The van der Waals surface area contributed by atoms with E-state index in [4.69, 9.17) is 0 Å². The van der Waals surface area contributed by atoms with Gasteiger partial charge in [-0.2, -0.15) is 0 Å². The van der Waals surface area contributed by atoms with Crippen molar-refractivity contribution in [2.45, 2.75) is 40.2 Å². The van der Waals surface area contributed by atoms with Crippen molar-refractivity contribution in [2.24, 2.45) is 5.41 Å². The lowest BCUT2D eigenvalue weighted by Gasteiger charge is -2.25. The highest BCUT2D eigenvalue weighted by molar-refractivity contribution is 5.93. The molecule has 2 rings (SSSR count). The predicted molar refractivity (Wildman–Crippen MR) is 88.6 cm³/mol. The highest BCUT2D eigenvalue weighted by atomic mass is 16.3. The number of carbonyl (C=O) groups is 1. The zero-order valence-corrected chi connectivity index (χ0v) is 14.0. The Morgan fingerprint density at radius 1 is 1.43 bits per heavy atom. The van der Waals surface area contributed by atoms with Crippen LogP contribution in [0.5, 0.6) is 0 Å². The monoisotopic (exact) mass is 317 g/mol. The Bertz CT molecular complexity index is 775. The van der Waals surface area contributed by atoms with E-state index in [1.54, 1.807) is 18.3 Å². The van der Waals surface area contributed by atoms with Crippen LogP contribution < -0.4 is 10.9 Å². The molecule has 6 heteroatoms. The van der Waals surface area contributed by atoms with Crippen molar-refractivity contribution < 1.29 is 9.90 Å². The summed E-state index contributed by atoms with van der Waals surface area (Å²) in [6.07, 6.45) is 3.50. The standard InChI is InChI=1S/C17H23N3O3/c1-11-5-6-20-14(7-11)18-9-13(16(20)23)15(22)19-12(10-21)8-17(2,3)4/h5-7,9,12,21H,8,10H2,1-4H3,(H,19,22). The molecule has 0 spiro atoms. The van der Waals surface area contributed by atoms with Gasteiger partial charge >= 0.3 is 0 Å². The van der Waals surface area contributed by atoms with E-state index >= 15 is 0 Å². The van der Waals surface area contributed by atoms with Crippen LogP contribution >= 0.6 is 0 Å². The molecule has 1 atom stereocenters. The minimum Gasteiger partial charge on any atom is -0.394 e. The normalized spacial score (nSPS) is 13.1. The van der Waals surface area contributed by atoms with E-state index in [1.807, 2.05) is 27.7 Å². The number of hydrogen-bond acceptors (Lipinski definition) is 4. The van der Waals surface area contributed by atoms with Crippen molar-refractivity contribution in [1.29, 1.82) is 0 Å². The van der Waals surface area contributed by atoms with Crippen LogP contribution in [-0.2, 0) is 0 Å². The molecule has 2 aromatic heterocycles. The highest BCUT2D eigenvalue weighted by Crippen LogP contribution is 2.20. The van der Waals surface area contributed by atoms with Crippen molar-refractivity contribution in [3.05, 3.63) is 46.0 Å². The molecule has 124 valence electrons. The number of amides is 1. The van der Waals surface area contributed by atoms with Crippen LogP contribution in [0.4, 0.5) is 0 Å². The predicted octanol–water partition coefficient (Wildman–Crippen LogP) is 1.53. The van der Waals surface area contributed by atoms with Gasteiger partial charge in [-0.1, -0.05) is 20.8 Å². The molecule has 0 aliphatic rings. The van der Waals surface area contributed by atoms with Crippen LogP contribution in [0, 0.1) is 12.3 Å². The average molecular weight is 317 g/mol. The lowest BCUT2D eigenvalue weighted by atomic mass is 9.88. The van der Waals surface area contributed by atoms with Crippen LogP contribution in [0.15, 0.2) is 29.3 Å². The van der Waals surface area contributed by atoms with E-state index in [2.05, 4.69) is 10.3 Å². The molecule has 0 aliphatic heterocycles. The lowest BCUT2D eigenvalue weighted by Crippen LogP contribution is -2.42. The van der Waals surface area contributed by atoms with Crippen LogP contribution in [0.25, 0.3) is 5.65 Å². The summed E-state index contributed by atoms with van der Waals surface area (Å²) in [6.45, 7) is 7.81. The summed E-state index contributed by atoms with van der Waals surface area (Å²) in [5, 5.41) is 12.2. The summed E-state index contributed by atoms with van der Waals surface area (Å²) in [5.41, 5.74) is 0.993. The van der Waals surface area contributed by atoms with E-state index in [-0.39, 0.29) is 17.6 Å². The molecule has 23 heavy (non-hydrogen) atoms. The first kappa shape index (κ1) is 17.1. The molecule has 0 aliphatic carbocycles. The van der Waals surface area contributed by atoms with E-state index in [9.17, 15) is 14.7 Å². The SMILES string of the molecule is Cc1ccn2c(=O)c(C(=O)NC(CO)CC(C)(C)C)cnc2c1. The molecule has 1 amide bonds. The number of aryl methyl sites for hydroxylation is 1. The zero-order valence-electron chi connectivity index (χ0n) is 14.0. The van der Waals surface area contributed by atoms with E-state index in [1.165, 1.54) is 10.6 Å². The third kappa shape index (κ3) is 4.16. The Balaban J connectivity index is 2.29. The average Bonchev–Trinajstić information content (AvgIpc) is 2.45. The second-order valence-corrected chi connectivity index (χ2v) is 7.03. The number of aliphatic hydroxyl groups excluding tert-OH is 1. The number of pyridine rings is 1. The van der Waals surface area contributed by atoms with Crippen molar-refractivity contribution in [3.63, 3.8) is 0 Å². The molecule has 0 saturated carbocycles. The Kier molecular flexibility index (Phi) is 4.85. The van der Waals surface area contributed by atoms with Gasteiger partial charge in [0.15, 0.2) is 0 Å². The minimum absolute atomic E-state index is 0.0290. The smallest absolute Gasteiger partial charge is 0.270 e. The van der Waals surface area contributed by atoms with Gasteiger partial charge in [0, 0.05) is 12.4 Å². The van der Waals surface area contributed by atoms with E-state index in [0.717, 1.165) is 5.56 Å². The van der Waals surface area contributed by atoms with Crippen molar-refractivity contribution >= 4 is 11.6 Å². The molecule has 0 fully saturated rings. The quantitative estimate of drug-likeness (QED) is 0.896. The number of fused-ring (bicyclic) bond motifs is 1. The molecular formula is C17H23N3O3. The largest absolute Gasteiger partial charge is 0.394 e. The fourth-order valence-corrected chi connectivity index (χ4v) is 2.50. The number of nitrogens with one attached hydrogen (secondary N) is 1. The number of aliphatic hydroxyl groups is 1. The first-order valence-corrected chi connectivity index (χ1v) is 7.61. The van der Waals surface area contributed by atoms with Crippen LogP contribution in [-0.4, -0.2) is 33.0 Å². The number of rotatable bonds is 4. The van der Waals surface area contributed by atoms with Gasteiger partial charge in [-0.25, -0.2) is 4.98 Å². The summed E-state index contributed by atoms with van der Waals surface area (Å²) in [5.74, 6) is -0.513. The van der Waals surface area contributed by atoms with Gasteiger partial charge in [0.2, 0.25) is 0 Å². The molecule has 2 aromatic rings. The van der Waals surface area contributed by atoms with E-state index in [0.29, 0.717) is 12.1 Å². The second kappa shape index (κ2) is 6.50. The van der Waals surface area contributed by atoms with Crippen LogP contribution in [0.1, 0.15) is 43.1 Å². The summed E-state index contributed by atoms with van der Waals surface area (Å²) in [7, 11) is 0. The summed E-state index contributed by atoms with van der Waals surface area (Å²) >= 11 is 0. The molecule has 2 heterocycles. The lowest BCUT2D eigenvalue weighted by molar-refractivity contribution is 0.0895. The van der Waals surface area contributed by atoms with Crippen molar-refractivity contribution in [3.8, 4) is 0 Å². The molecular weight excluding hydrogens is 294 g/mol. The van der Waals surface area contributed by atoms with Gasteiger partial charge in [0.05, 0.1) is 12.6 Å². The van der Waals surface area contributed by atoms with Crippen LogP contribution in [0.3, 0.4) is 0 Å². The molecule has 0 saturated heterocycles. The Morgan fingerprint density at radius 2 is 2.13 bits per heavy atom. The summed E-state index contributed by atoms with van der Waals surface area (Å²) in [6, 6.07) is 3.16. The third-order valence-electron chi connectivity index (χ3n) is 3.52. The first-order chi connectivity index (χ1) is 10.7. The maximum atomic E-state index is 12.4. The Labute approximate surface area is 135 Å². The van der Waals surface area contributed by atoms with Crippen LogP contribution in [0.2, 0.25) is 0 Å². The van der Waals surface area contributed by atoms with Gasteiger partial charge in [0.25, 0.3) is 11.5 Å². The van der Waals surface area contributed by atoms with Gasteiger partial charge in [0.1, 0.15) is 11.2 Å². The minimum atomic E-state index is -0.513. The molecule has 0 aromatic carbocycles.